The molecule has 0 aliphatic rings. The summed E-state index contributed by atoms with van der Waals surface area (Å²) in [6, 6.07) is 22.1. The van der Waals surface area contributed by atoms with Gasteiger partial charge in [0.05, 0.1) is 5.52 Å². The van der Waals surface area contributed by atoms with Crippen LogP contribution in [0.25, 0.3) is 32.8 Å². The fraction of sp³-hybridized carbons (Fsp3) is 0. The van der Waals surface area contributed by atoms with Crippen LogP contribution in [0.2, 0.25) is 0 Å². The predicted octanol–water partition coefficient (Wildman–Crippen LogP) is 3.59. The maximum Gasteiger partial charge on any atom is 0.282 e. The van der Waals surface area contributed by atoms with Gasteiger partial charge in [0.15, 0.2) is 0 Å². The van der Waals surface area contributed by atoms with Gasteiger partial charge >= 0.3 is 0 Å². The number of nitrogens with one attached hydrogen (secondary N) is 2. The van der Waals surface area contributed by atoms with E-state index in [1.165, 1.54) is 0 Å². The fourth-order valence-electron chi connectivity index (χ4n) is 3.08. The van der Waals surface area contributed by atoms with Gasteiger partial charge in [-0.05, 0) is 10.9 Å². The van der Waals surface area contributed by atoms with Crippen molar-refractivity contribution in [3.63, 3.8) is 0 Å². The molecule has 1 aromatic heterocycles. The van der Waals surface area contributed by atoms with Gasteiger partial charge in [0.1, 0.15) is 5.69 Å². The first-order chi connectivity index (χ1) is 11.3. The Morgan fingerprint density at radius 2 is 1.61 bits per heavy atom. The van der Waals surface area contributed by atoms with Crippen molar-refractivity contribution < 1.29 is 4.79 Å². The van der Waals surface area contributed by atoms with E-state index in [1.807, 2.05) is 54.6 Å². The highest BCUT2D eigenvalue weighted by Crippen LogP contribution is 2.35. The second-order valence-corrected chi connectivity index (χ2v) is 5.42. The molecule has 4 nitrogen and oxygen atoms in total. The highest BCUT2D eigenvalue weighted by atomic mass is 16.2. The Balaban J connectivity index is 2.14. The summed E-state index contributed by atoms with van der Waals surface area (Å²) in [6.07, 6.45) is 0. The first-order valence-electron chi connectivity index (χ1n) is 7.39. The van der Waals surface area contributed by atoms with Crippen LogP contribution in [-0.4, -0.2) is 10.9 Å². The van der Waals surface area contributed by atoms with Crippen molar-refractivity contribution >= 4 is 27.6 Å². The van der Waals surface area contributed by atoms with Crippen molar-refractivity contribution in [2.24, 2.45) is 5.84 Å². The number of benzene rings is 3. The van der Waals surface area contributed by atoms with Gasteiger partial charge in [-0.1, -0.05) is 66.7 Å². The Kier molecular flexibility index (Phi) is 3.10. The largest absolute Gasteiger partial charge is 0.349 e. The molecule has 4 aromatic rings. The van der Waals surface area contributed by atoms with Gasteiger partial charge in [-0.25, -0.2) is 5.84 Å². The normalized spacial score (nSPS) is 11.0. The number of carbonyl (C=O) groups excluding carboxylic acids is 1. The first-order valence-corrected chi connectivity index (χ1v) is 7.39. The van der Waals surface area contributed by atoms with Crippen LogP contribution in [0.15, 0.2) is 66.7 Å². The lowest BCUT2D eigenvalue weighted by atomic mass is 9.99. The van der Waals surface area contributed by atoms with Crippen LogP contribution >= 0.6 is 0 Å². The number of H-pyrrole nitrogens is 1. The molecule has 0 aliphatic carbocycles. The topological polar surface area (TPSA) is 70.9 Å². The van der Waals surface area contributed by atoms with Gasteiger partial charge in [-0.3, -0.25) is 10.2 Å². The minimum absolute atomic E-state index is 0.330. The Labute approximate surface area is 132 Å². The van der Waals surface area contributed by atoms with E-state index in [2.05, 4.69) is 22.5 Å². The van der Waals surface area contributed by atoms with Crippen molar-refractivity contribution in [3.05, 3.63) is 72.4 Å². The quantitative estimate of drug-likeness (QED) is 0.301. The zero-order valence-corrected chi connectivity index (χ0v) is 12.3. The number of aromatic amines is 1. The van der Waals surface area contributed by atoms with Crippen LogP contribution in [0.4, 0.5) is 0 Å². The lowest BCUT2D eigenvalue weighted by Crippen LogP contribution is -2.30. The van der Waals surface area contributed by atoms with E-state index in [-0.39, 0.29) is 5.91 Å². The number of fused-ring (bicyclic) bond motifs is 3. The van der Waals surface area contributed by atoms with Crippen LogP contribution in [0, 0.1) is 0 Å². The lowest BCUT2D eigenvalue weighted by Gasteiger charge is -2.04. The molecule has 0 unspecified atom stereocenters. The molecule has 4 heteroatoms. The first kappa shape index (κ1) is 13.5. The monoisotopic (exact) mass is 301 g/mol. The number of amides is 1. The van der Waals surface area contributed by atoms with Gasteiger partial charge in [0.25, 0.3) is 5.91 Å². The molecule has 3 aromatic carbocycles. The molecule has 1 amide bonds. The number of nitrogen functional groups attached to an aromatic ring is 1. The molecule has 112 valence electrons. The van der Waals surface area contributed by atoms with Crippen LogP contribution in [0.5, 0.6) is 0 Å². The summed E-state index contributed by atoms with van der Waals surface area (Å²) in [6.45, 7) is 0. The number of nitrogens with two attached hydrogens (primary N) is 1. The van der Waals surface area contributed by atoms with E-state index < -0.39 is 0 Å². The summed E-state index contributed by atoms with van der Waals surface area (Å²) >= 11 is 0. The molecule has 0 saturated carbocycles. The van der Waals surface area contributed by atoms with Crippen LogP contribution in [0.1, 0.15) is 10.5 Å². The van der Waals surface area contributed by atoms with Crippen LogP contribution < -0.4 is 11.3 Å². The number of rotatable bonds is 2. The van der Waals surface area contributed by atoms with Crippen molar-refractivity contribution in [3.8, 4) is 11.1 Å². The third-order valence-corrected chi connectivity index (χ3v) is 4.12. The standard InChI is InChI=1S/C19H15N3O/c20-22-19(23)18-16(13-7-2-1-3-8-13)15-11-10-12-6-4-5-9-14(12)17(15)21-18/h1-11,21H,20H2,(H,22,23). The van der Waals surface area contributed by atoms with E-state index in [1.54, 1.807) is 0 Å². The summed E-state index contributed by atoms with van der Waals surface area (Å²) in [5.41, 5.74) is 5.50. The number of hydrazine groups is 1. The Morgan fingerprint density at radius 3 is 2.39 bits per heavy atom. The third-order valence-electron chi connectivity index (χ3n) is 4.12. The molecule has 0 aliphatic heterocycles. The summed E-state index contributed by atoms with van der Waals surface area (Å²) in [5.74, 6) is 5.04. The molecule has 1 heterocycles. The summed E-state index contributed by atoms with van der Waals surface area (Å²) in [4.78, 5) is 15.5. The zero-order chi connectivity index (χ0) is 15.8. The molecular weight excluding hydrogens is 286 g/mol. The number of aromatic nitrogens is 1. The molecule has 0 atom stereocenters. The maximum atomic E-state index is 12.2. The molecule has 0 bridgehead atoms. The van der Waals surface area contributed by atoms with E-state index >= 15 is 0 Å². The Hall–Kier alpha value is -3.11. The van der Waals surface area contributed by atoms with Crippen LogP contribution in [0.3, 0.4) is 0 Å². The maximum absolute atomic E-state index is 12.2. The van der Waals surface area contributed by atoms with Crippen molar-refractivity contribution in [1.29, 1.82) is 0 Å². The van der Waals surface area contributed by atoms with Gasteiger partial charge in [0.2, 0.25) is 0 Å². The highest BCUT2D eigenvalue weighted by Gasteiger charge is 2.19. The highest BCUT2D eigenvalue weighted by molar-refractivity contribution is 6.16. The predicted molar refractivity (Wildman–Crippen MR) is 92.9 cm³/mol. The van der Waals surface area contributed by atoms with Gasteiger partial charge < -0.3 is 4.98 Å². The van der Waals surface area contributed by atoms with E-state index in [0.717, 1.165) is 32.8 Å². The van der Waals surface area contributed by atoms with Crippen molar-refractivity contribution in [2.75, 3.05) is 0 Å². The third kappa shape index (κ3) is 2.08. The summed E-state index contributed by atoms with van der Waals surface area (Å²) in [5, 5.41) is 3.22. The average Bonchev–Trinajstić information content (AvgIpc) is 3.01. The summed E-state index contributed by atoms with van der Waals surface area (Å²) < 4.78 is 0. The molecule has 0 fully saturated rings. The van der Waals surface area contributed by atoms with E-state index in [4.69, 9.17) is 5.84 Å². The molecule has 4 N–H and O–H groups in total. The fourth-order valence-corrected chi connectivity index (χ4v) is 3.08. The second-order valence-electron chi connectivity index (χ2n) is 5.42. The van der Waals surface area contributed by atoms with E-state index in [0.29, 0.717) is 5.69 Å². The second kappa shape index (κ2) is 5.26. The van der Waals surface area contributed by atoms with Crippen LogP contribution in [-0.2, 0) is 0 Å². The average molecular weight is 301 g/mol. The minimum Gasteiger partial charge on any atom is -0.349 e. The number of hydrogen-bond acceptors (Lipinski definition) is 2. The summed E-state index contributed by atoms with van der Waals surface area (Å²) in [7, 11) is 0. The Bertz CT molecular complexity index is 1020. The molecule has 23 heavy (non-hydrogen) atoms. The van der Waals surface area contributed by atoms with Crippen molar-refractivity contribution in [2.45, 2.75) is 0 Å². The van der Waals surface area contributed by atoms with E-state index in [9.17, 15) is 4.79 Å². The minimum atomic E-state index is -0.330. The number of carbonyl (C=O) groups is 1. The number of hydrogen-bond donors (Lipinski definition) is 3. The molecule has 0 radical (unpaired) electrons. The molecule has 0 spiro atoms. The molecular formula is C19H15N3O. The van der Waals surface area contributed by atoms with Gasteiger partial charge in [0, 0.05) is 16.3 Å². The molecule has 0 saturated heterocycles. The van der Waals surface area contributed by atoms with Crippen molar-refractivity contribution in [1.82, 2.24) is 10.4 Å². The zero-order valence-electron chi connectivity index (χ0n) is 12.3. The Morgan fingerprint density at radius 1 is 0.870 bits per heavy atom. The van der Waals surface area contributed by atoms with Gasteiger partial charge in [-0.15, -0.1) is 0 Å². The smallest absolute Gasteiger partial charge is 0.282 e. The molecule has 4 rings (SSSR count). The van der Waals surface area contributed by atoms with Gasteiger partial charge in [-0.2, -0.15) is 0 Å². The lowest BCUT2D eigenvalue weighted by molar-refractivity contribution is 0.0950. The SMILES string of the molecule is NNC(=O)c1[nH]c2c(ccc3ccccc32)c1-c1ccccc1.